The lowest BCUT2D eigenvalue weighted by molar-refractivity contribution is -0.137. The second-order valence-corrected chi connectivity index (χ2v) is 6.63. The minimum atomic E-state index is -0.262. The van der Waals surface area contributed by atoms with Crippen LogP contribution in [0.15, 0.2) is 22.8 Å². The molecule has 3 rings (SSSR count). The fraction of sp³-hybridized carbons (Fsp3) is 0.611. The molecule has 1 N–H and O–H groups in total. The van der Waals surface area contributed by atoms with Crippen LogP contribution in [0.4, 0.5) is 0 Å². The summed E-state index contributed by atoms with van der Waals surface area (Å²) in [5.74, 6) is -0.339. The van der Waals surface area contributed by atoms with E-state index in [1.54, 1.807) is 21.9 Å². The molecule has 9 heteroatoms. The number of amides is 3. The van der Waals surface area contributed by atoms with Crippen molar-refractivity contribution in [1.82, 2.24) is 20.0 Å². The van der Waals surface area contributed by atoms with Crippen molar-refractivity contribution < 1.29 is 23.5 Å². The summed E-state index contributed by atoms with van der Waals surface area (Å²) >= 11 is 0. The summed E-state index contributed by atoms with van der Waals surface area (Å²) in [5.41, 5.74) is 0. The maximum atomic E-state index is 12.3. The predicted molar refractivity (Wildman–Crippen MR) is 96.1 cm³/mol. The number of furan rings is 1. The minimum Gasteiger partial charge on any atom is -0.459 e. The van der Waals surface area contributed by atoms with Gasteiger partial charge in [-0.25, -0.2) is 0 Å². The normalized spacial score (nSPS) is 18.4. The topological polar surface area (TPSA) is 95.3 Å². The second kappa shape index (κ2) is 9.52. The molecule has 9 nitrogen and oxygen atoms in total. The summed E-state index contributed by atoms with van der Waals surface area (Å²) in [6.07, 6.45) is 1.31. The molecule has 0 unspecified atom stereocenters. The quantitative estimate of drug-likeness (QED) is 0.665. The molecule has 0 aromatic carbocycles. The number of rotatable bonds is 6. The summed E-state index contributed by atoms with van der Waals surface area (Å²) in [6, 6.07) is 3.30. The first-order valence-electron chi connectivity index (χ1n) is 9.31. The maximum Gasteiger partial charge on any atom is 0.289 e. The van der Waals surface area contributed by atoms with E-state index >= 15 is 0 Å². The SMILES string of the molecule is O=C(CC(=O)N1CCN(C(=O)c2ccco2)CC1)NCCN1CCOCC1. The molecule has 1 aromatic heterocycles. The van der Waals surface area contributed by atoms with Gasteiger partial charge in [0.2, 0.25) is 11.8 Å². The van der Waals surface area contributed by atoms with Crippen molar-refractivity contribution in [2.24, 2.45) is 0 Å². The third-order valence-electron chi connectivity index (χ3n) is 4.82. The predicted octanol–water partition coefficient (Wildman–Crippen LogP) is -0.597. The van der Waals surface area contributed by atoms with Crippen molar-refractivity contribution >= 4 is 17.7 Å². The van der Waals surface area contributed by atoms with E-state index in [9.17, 15) is 14.4 Å². The molecule has 2 fully saturated rings. The Morgan fingerprint density at radius 1 is 1.00 bits per heavy atom. The summed E-state index contributed by atoms with van der Waals surface area (Å²) in [7, 11) is 0. The van der Waals surface area contributed by atoms with Crippen LogP contribution in [0.1, 0.15) is 17.0 Å². The van der Waals surface area contributed by atoms with Gasteiger partial charge in [-0.3, -0.25) is 19.3 Å². The molecule has 1 aromatic rings. The van der Waals surface area contributed by atoms with E-state index in [4.69, 9.17) is 9.15 Å². The molecule has 3 amide bonds. The second-order valence-electron chi connectivity index (χ2n) is 6.63. The first-order valence-corrected chi connectivity index (χ1v) is 9.31. The van der Waals surface area contributed by atoms with Crippen LogP contribution < -0.4 is 5.32 Å². The van der Waals surface area contributed by atoms with E-state index in [0.29, 0.717) is 38.5 Å². The van der Waals surface area contributed by atoms with Gasteiger partial charge in [0, 0.05) is 52.4 Å². The van der Waals surface area contributed by atoms with Crippen molar-refractivity contribution in [3.63, 3.8) is 0 Å². The van der Waals surface area contributed by atoms with Crippen LogP contribution >= 0.6 is 0 Å². The number of hydrogen-bond acceptors (Lipinski definition) is 6. The Morgan fingerprint density at radius 3 is 2.37 bits per heavy atom. The number of morpholine rings is 1. The van der Waals surface area contributed by atoms with Crippen LogP contribution in [-0.2, 0) is 14.3 Å². The molecule has 0 spiro atoms. The molecule has 0 atom stereocenters. The van der Waals surface area contributed by atoms with Crippen LogP contribution in [0.2, 0.25) is 0 Å². The Labute approximate surface area is 158 Å². The molecule has 3 heterocycles. The van der Waals surface area contributed by atoms with Crippen molar-refractivity contribution in [3.05, 3.63) is 24.2 Å². The smallest absolute Gasteiger partial charge is 0.289 e. The van der Waals surface area contributed by atoms with E-state index in [2.05, 4.69) is 10.2 Å². The third-order valence-corrected chi connectivity index (χ3v) is 4.82. The number of carbonyl (C=O) groups is 3. The largest absolute Gasteiger partial charge is 0.459 e. The minimum absolute atomic E-state index is 0.157. The Bertz CT molecular complexity index is 634. The van der Waals surface area contributed by atoms with Crippen LogP contribution in [0, 0.1) is 0 Å². The van der Waals surface area contributed by atoms with Crippen molar-refractivity contribution in [2.45, 2.75) is 6.42 Å². The van der Waals surface area contributed by atoms with Gasteiger partial charge in [0.05, 0.1) is 19.5 Å². The van der Waals surface area contributed by atoms with Gasteiger partial charge >= 0.3 is 0 Å². The summed E-state index contributed by atoms with van der Waals surface area (Å²) in [5, 5.41) is 2.80. The van der Waals surface area contributed by atoms with Crippen LogP contribution in [0.25, 0.3) is 0 Å². The number of piperazine rings is 1. The summed E-state index contributed by atoms with van der Waals surface area (Å²) in [6.45, 7) is 6.19. The zero-order valence-corrected chi connectivity index (χ0v) is 15.4. The van der Waals surface area contributed by atoms with E-state index in [0.717, 1.165) is 32.8 Å². The zero-order chi connectivity index (χ0) is 19.1. The zero-order valence-electron chi connectivity index (χ0n) is 15.4. The number of ether oxygens (including phenoxy) is 1. The number of hydrogen-bond donors (Lipinski definition) is 1. The van der Waals surface area contributed by atoms with E-state index in [1.165, 1.54) is 6.26 Å². The third kappa shape index (κ3) is 5.54. The molecule has 2 aliphatic heterocycles. The molecule has 0 radical (unpaired) electrons. The lowest BCUT2D eigenvalue weighted by Crippen LogP contribution is -2.51. The van der Waals surface area contributed by atoms with E-state index in [-0.39, 0.29) is 24.1 Å². The lowest BCUT2D eigenvalue weighted by atomic mass is 10.2. The fourth-order valence-electron chi connectivity index (χ4n) is 3.20. The highest BCUT2D eigenvalue weighted by Gasteiger charge is 2.26. The standard InChI is InChI=1S/C18H26N4O5/c23-16(19-3-4-20-9-12-26-13-10-20)14-17(24)21-5-7-22(8-6-21)18(25)15-2-1-11-27-15/h1-2,11H,3-10,12-14H2,(H,19,23). The molecule has 0 bridgehead atoms. The molecule has 2 aliphatic rings. The Hall–Kier alpha value is -2.39. The van der Waals surface area contributed by atoms with Gasteiger partial charge in [-0.05, 0) is 12.1 Å². The monoisotopic (exact) mass is 378 g/mol. The average molecular weight is 378 g/mol. The van der Waals surface area contributed by atoms with Gasteiger partial charge in [-0.1, -0.05) is 0 Å². The Kier molecular flexibility index (Phi) is 6.83. The maximum absolute atomic E-state index is 12.3. The molecule has 148 valence electrons. The van der Waals surface area contributed by atoms with Crippen LogP contribution in [-0.4, -0.2) is 98.0 Å². The highest BCUT2D eigenvalue weighted by Crippen LogP contribution is 2.10. The number of carbonyl (C=O) groups excluding carboxylic acids is 3. The molecule has 2 saturated heterocycles. The van der Waals surface area contributed by atoms with Gasteiger partial charge < -0.3 is 24.3 Å². The fourth-order valence-corrected chi connectivity index (χ4v) is 3.20. The Balaban J connectivity index is 1.34. The van der Waals surface area contributed by atoms with Crippen molar-refractivity contribution in [1.29, 1.82) is 0 Å². The molecule has 27 heavy (non-hydrogen) atoms. The van der Waals surface area contributed by atoms with Gasteiger partial charge in [0.1, 0.15) is 6.42 Å². The average Bonchev–Trinajstić information content (AvgIpc) is 3.23. The van der Waals surface area contributed by atoms with Crippen LogP contribution in [0.5, 0.6) is 0 Å². The first-order chi connectivity index (χ1) is 13.1. The van der Waals surface area contributed by atoms with Gasteiger partial charge in [0.25, 0.3) is 5.91 Å². The number of nitrogens with one attached hydrogen (secondary N) is 1. The Morgan fingerprint density at radius 2 is 1.70 bits per heavy atom. The van der Waals surface area contributed by atoms with Gasteiger partial charge in [-0.2, -0.15) is 0 Å². The molecular formula is C18H26N4O5. The van der Waals surface area contributed by atoms with E-state index in [1.807, 2.05) is 0 Å². The first kappa shape index (κ1) is 19.4. The van der Waals surface area contributed by atoms with Crippen molar-refractivity contribution in [3.8, 4) is 0 Å². The van der Waals surface area contributed by atoms with Gasteiger partial charge in [-0.15, -0.1) is 0 Å². The summed E-state index contributed by atoms with van der Waals surface area (Å²) in [4.78, 5) is 42.0. The van der Waals surface area contributed by atoms with Gasteiger partial charge in [0.15, 0.2) is 5.76 Å². The highest BCUT2D eigenvalue weighted by molar-refractivity contribution is 5.97. The molecular weight excluding hydrogens is 352 g/mol. The molecule has 0 aliphatic carbocycles. The van der Waals surface area contributed by atoms with E-state index < -0.39 is 0 Å². The molecule has 0 saturated carbocycles. The highest BCUT2D eigenvalue weighted by atomic mass is 16.5. The van der Waals surface area contributed by atoms with Crippen LogP contribution in [0.3, 0.4) is 0 Å². The van der Waals surface area contributed by atoms with Crippen molar-refractivity contribution in [2.75, 3.05) is 65.6 Å². The number of nitrogens with zero attached hydrogens (tertiary/aromatic N) is 3. The summed E-state index contributed by atoms with van der Waals surface area (Å²) < 4.78 is 10.4. The lowest BCUT2D eigenvalue weighted by Gasteiger charge is -2.34.